The van der Waals surface area contributed by atoms with Crippen molar-refractivity contribution in [3.8, 4) is 0 Å². The van der Waals surface area contributed by atoms with Crippen molar-refractivity contribution in [2.75, 3.05) is 13.7 Å². The van der Waals surface area contributed by atoms with E-state index >= 15 is 0 Å². The number of hydrogen-bond donors (Lipinski definition) is 0. The van der Waals surface area contributed by atoms with Crippen molar-refractivity contribution in [2.45, 2.75) is 39.2 Å². The highest BCUT2D eigenvalue weighted by molar-refractivity contribution is 7.09. The minimum atomic E-state index is -1.02. The lowest BCUT2D eigenvalue weighted by Crippen LogP contribution is -2.52. The van der Waals surface area contributed by atoms with E-state index < -0.39 is 11.5 Å². The molecule has 0 bridgehead atoms. The van der Waals surface area contributed by atoms with E-state index in [4.69, 9.17) is 16.3 Å². The number of thiazole rings is 1. The molecule has 0 aliphatic carbocycles. The number of benzene rings is 1. The number of carbonyl (C=O) groups excluding carboxylic acids is 2. The van der Waals surface area contributed by atoms with Crippen LogP contribution in [0.5, 0.6) is 0 Å². The van der Waals surface area contributed by atoms with Crippen molar-refractivity contribution < 1.29 is 14.3 Å². The fraction of sp³-hybridized carbons (Fsp3) is 0.421. The van der Waals surface area contributed by atoms with Crippen molar-refractivity contribution >= 4 is 34.8 Å². The topological polar surface area (TPSA) is 59.5 Å². The fourth-order valence-corrected chi connectivity index (χ4v) is 3.40. The first-order chi connectivity index (χ1) is 12.2. The molecule has 1 aromatic carbocycles. The number of ether oxygens (including phenoxy) is 1. The summed E-state index contributed by atoms with van der Waals surface area (Å²) >= 11 is 7.51. The van der Waals surface area contributed by atoms with Gasteiger partial charge in [0.25, 0.3) is 0 Å². The zero-order valence-electron chi connectivity index (χ0n) is 15.4. The Morgan fingerprint density at radius 2 is 2.08 bits per heavy atom. The van der Waals surface area contributed by atoms with Crippen LogP contribution in [0.4, 0.5) is 0 Å². The summed E-state index contributed by atoms with van der Waals surface area (Å²) < 4.78 is 5.05. The molecular formula is C19H23ClN2O3S. The van der Waals surface area contributed by atoms with E-state index in [9.17, 15) is 9.59 Å². The number of aromatic nitrogens is 1. The number of amides is 1. The molecule has 1 amide bonds. The maximum absolute atomic E-state index is 12.5. The maximum Gasteiger partial charge on any atom is 0.331 e. The lowest BCUT2D eigenvalue weighted by atomic mass is 10.0. The third kappa shape index (κ3) is 5.05. The Balaban J connectivity index is 2.01. The number of nitrogens with zero attached hydrogens (tertiary/aromatic N) is 2. The van der Waals surface area contributed by atoms with Gasteiger partial charge in [-0.25, -0.2) is 9.78 Å². The molecule has 0 radical (unpaired) electrons. The van der Waals surface area contributed by atoms with Gasteiger partial charge in [0.05, 0.1) is 23.7 Å². The van der Waals surface area contributed by atoms with Crippen molar-refractivity contribution in [1.82, 2.24) is 9.88 Å². The van der Waals surface area contributed by atoms with Gasteiger partial charge in [-0.15, -0.1) is 11.3 Å². The van der Waals surface area contributed by atoms with Crippen LogP contribution in [0.2, 0.25) is 5.02 Å². The van der Waals surface area contributed by atoms with Crippen LogP contribution in [0.15, 0.2) is 29.6 Å². The molecule has 0 saturated carbocycles. The van der Waals surface area contributed by atoms with Gasteiger partial charge >= 0.3 is 5.97 Å². The lowest BCUT2D eigenvalue weighted by Gasteiger charge is -2.33. The quantitative estimate of drug-likeness (QED) is 0.671. The number of hydrogen-bond acceptors (Lipinski definition) is 5. The van der Waals surface area contributed by atoms with E-state index in [-0.39, 0.29) is 18.9 Å². The Bertz CT molecular complexity index is 789. The zero-order chi connectivity index (χ0) is 19.3. The van der Waals surface area contributed by atoms with E-state index in [2.05, 4.69) is 4.98 Å². The first kappa shape index (κ1) is 20.4. The van der Waals surface area contributed by atoms with Gasteiger partial charge in [-0.1, -0.05) is 23.7 Å². The molecule has 0 atom stereocenters. The molecule has 0 saturated heterocycles. The minimum absolute atomic E-state index is 0.144. The number of rotatable bonds is 7. The Hall–Kier alpha value is -1.92. The van der Waals surface area contributed by atoms with Crippen LogP contribution in [-0.2, 0) is 27.2 Å². The SMILES string of the molecule is CCOC(=O)C(C)(C)N(C)C(=O)Cc1csc(Cc2cccc(Cl)c2)n1. The number of carbonyl (C=O) groups is 2. The van der Waals surface area contributed by atoms with Gasteiger partial charge in [-0.2, -0.15) is 0 Å². The highest BCUT2D eigenvalue weighted by Gasteiger charge is 2.36. The molecule has 1 aromatic heterocycles. The molecule has 0 N–H and O–H groups in total. The van der Waals surface area contributed by atoms with Gasteiger partial charge in [-0.3, -0.25) is 4.79 Å². The third-order valence-electron chi connectivity index (χ3n) is 4.16. The van der Waals surface area contributed by atoms with Gasteiger partial charge < -0.3 is 9.64 Å². The normalized spacial score (nSPS) is 11.3. The van der Waals surface area contributed by atoms with Crippen LogP contribution in [0.3, 0.4) is 0 Å². The Kier molecular flexibility index (Phi) is 6.78. The number of halogens is 1. The van der Waals surface area contributed by atoms with Crippen molar-refractivity contribution in [3.63, 3.8) is 0 Å². The highest BCUT2D eigenvalue weighted by atomic mass is 35.5. The van der Waals surface area contributed by atoms with Gasteiger partial charge in [0.2, 0.25) is 5.91 Å². The molecule has 140 valence electrons. The summed E-state index contributed by atoms with van der Waals surface area (Å²) in [4.78, 5) is 30.6. The molecule has 2 rings (SSSR count). The molecule has 0 unspecified atom stereocenters. The van der Waals surface area contributed by atoms with Crippen molar-refractivity contribution in [1.29, 1.82) is 0 Å². The van der Waals surface area contributed by atoms with Crippen molar-refractivity contribution in [3.05, 3.63) is 50.9 Å². The molecule has 5 nitrogen and oxygen atoms in total. The van der Waals surface area contributed by atoms with Crippen LogP contribution in [0, 0.1) is 0 Å². The van der Waals surface area contributed by atoms with E-state index in [0.717, 1.165) is 10.6 Å². The molecule has 1 heterocycles. The standard InChI is InChI=1S/C19H23ClN2O3S/c1-5-25-18(24)19(2,3)22(4)17(23)11-15-12-26-16(21-15)10-13-7-6-8-14(20)9-13/h6-9,12H,5,10-11H2,1-4H3. The summed E-state index contributed by atoms with van der Waals surface area (Å²) in [6.45, 7) is 5.37. The maximum atomic E-state index is 12.5. The Morgan fingerprint density at radius 3 is 2.73 bits per heavy atom. The summed E-state index contributed by atoms with van der Waals surface area (Å²) in [5, 5.41) is 3.49. The van der Waals surface area contributed by atoms with E-state index in [0.29, 0.717) is 17.1 Å². The molecule has 0 aliphatic rings. The molecule has 0 fully saturated rings. The van der Waals surface area contributed by atoms with Gasteiger partial charge in [0.15, 0.2) is 0 Å². The average molecular weight is 395 g/mol. The van der Waals surface area contributed by atoms with Crippen LogP contribution >= 0.6 is 22.9 Å². The molecule has 0 aliphatic heterocycles. The zero-order valence-corrected chi connectivity index (χ0v) is 17.0. The molecule has 7 heteroatoms. The summed E-state index contributed by atoms with van der Waals surface area (Å²) in [7, 11) is 1.61. The van der Waals surface area contributed by atoms with E-state index in [1.54, 1.807) is 27.8 Å². The average Bonchev–Trinajstić information content (AvgIpc) is 3.01. The summed E-state index contributed by atoms with van der Waals surface area (Å²) in [5.41, 5.74) is 0.751. The van der Waals surface area contributed by atoms with E-state index in [1.807, 2.05) is 29.6 Å². The van der Waals surface area contributed by atoms with Gasteiger partial charge in [-0.05, 0) is 38.5 Å². The Labute approximate surface area is 162 Å². The van der Waals surface area contributed by atoms with Gasteiger partial charge in [0, 0.05) is 23.9 Å². The number of likely N-dealkylation sites (N-methyl/N-ethyl adjacent to an activating group) is 1. The van der Waals surface area contributed by atoms with Gasteiger partial charge in [0.1, 0.15) is 5.54 Å². The Morgan fingerprint density at radius 1 is 1.35 bits per heavy atom. The fourth-order valence-electron chi connectivity index (χ4n) is 2.36. The van der Waals surface area contributed by atoms with Crippen LogP contribution in [0.1, 0.15) is 37.0 Å². The lowest BCUT2D eigenvalue weighted by molar-refractivity contribution is -0.160. The summed E-state index contributed by atoms with van der Waals surface area (Å²) in [6, 6.07) is 7.64. The molecule has 26 heavy (non-hydrogen) atoms. The van der Waals surface area contributed by atoms with Crippen LogP contribution < -0.4 is 0 Å². The first-order valence-corrected chi connectivity index (χ1v) is 9.61. The first-order valence-electron chi connectivity index (χ1n) is 8.35. The van der Waals surface area contributed by atoms with Crippen molar-refractivity contribution in [2.24, 2.45) is 0 Å². The predicted molar refractivity (Wildman–Crippen MR) is 104 cm³/mol. The second-order valence-electron chi connectivity index (χ2n) is 6.45. The largest absolute Gasteiger partial charge is 0.464 e. The second kappa shape index (κ2) is 8.64. The van der Waals surface area contributed by atoms with Crippen LogP contribution in [-0.4, -0.2) is 41.0 Å². The monoisotopic (exact) mass is 394 g/mol. The smallest absolute Gasteiger partial charge is 0.331 e. The molecule has 2 aromatic rings. The minimum Gasteiger partial charge on any atom is -0.464 e. The highest BCUT2D eigenvalue weighted by Crippen LogP contribution is 2.20. The third-order valence-corrected chi connectivity index (χ3v) is 5.30. The summed E-state index contributed by atoms with van der Waals surface area (Å²) in [6.07, 6.45) is 0.814. The predicted octanol–water partition coefficient (Wildman–Crippen LogP) is 3.73. The molecular weight excluding hydrogens is 372 g/mol. The van der Waals surface area contributed by atoms with Crippen LogP contribution in [0.25, 0.3) is 0 Å². The van der Waals surface area contributed by atoms with E-state index in [1.165, 1.54) is 16.2 Å². The number of esters is 1. The molecule has 0 spiro atoms. The second-order valence-corrected chi connectivity index (χ2v) is 7.83. The summed E-state index contributed by atoms with van der Waals surface area (Å²) in [5.74, 6) is -0.599.